The topological polar surface area (TPSA) is 158 Å². The predicted molar refractivity (Wildman–Crippen MR) is 137 cm³/mol. The predicted octanol–water partition coefficient (Wildman–Crippen LogP) is 3.11. The summed E-state index contributed by atoms with van der Waals surface area (Å²) < 4.78 is 12.0. The van der Waals surface area contributed by atoms with Crippen molar-refractivity contribution in [2.24, 2.45) is 5.73 Å². The second-order valence-electron chi connectivity index (χ2n) is 8.70. The number of benzene rings is 1. The van der Waals surface area contributed by atoms with Crippen LogP contribution in [0.2, 0.25) is 0 Å². The summed E-state index contributed by atoms with van der Waals surface area (Å²) in [4.78, 5) is 2.99. The first-order valence-electron chi connectivity index (χ1n) is 11.9. The van der Waals surface area contributed by atoms with E-state index in [4.69, 9.17) is 26.4 Å². The third-order valence-electron chi connectivity index (χ3n) is 6.46. The minimum atomic E-state index is -0.426. The second kappa shape index (κ2) is 11.1. The van der Waals surface area contributed by atoms with Gasteiger partial charge in [0.25, 0.3) is 0 Å². The Labute approximate surface area is 205 Å². The van der Waals surface area contributed by atoms with Gasteiger partial charge in [-0.15, -0.1) is 0 Å². The quantitative estimate of drug-likeness (QED) is 0.185. The van der Waals surface area contributed by atoms with Gasteiger partial charge in [-0.3, -0.25) is 5.32 Å². The number of nitrogens with zero attached hydrogens (tertiary/aromatic N) is 1. The molecule has 1 aliphatic heterocycles. The lowest BCUT2D eigenvalue weighted by molar-refractivity contribution is 0.169. The van der Waals surface area contributed by atoms with Crippen LogP contribution in [0, 0.1) is 16.7 Å². The lowest BCUT2D eigenvalue weighted by atomic mass is 9.88. The minimum absolute atomic E-state index is 0.245. The molecule has 0 saturated heterocycles. The number of ether oxygens (including phenoxy) is 2. The Hall–Kier alpha value is -3.74. The van der Waals surface area contributed by atoms with E-state index in [-0.39, 0.29) is 6.04 Å². The molecule has 0 radical (unpaired) electrons. The molecule has 0 fully saturated rings. The van der Waals surface area contributed by atoms with Crippen LogP contribution < -0.4 is 31.6 Å². The average molecular weight is 476 g/mol. The van der Waals surface area contributed by atoms with Crippen LogP contribution in [-0.2, 0) is 6.42 Å². The van der Waals surface area contributed by atoms with Crippen LogP contribution >= 0.6 is 0 Å². The molecule has 4 rings (SSSR count). The molecule has 2 aromatic rings. The summed E-state index contributed by atoms with van der Waals surface area (Å²) in [6.07, 6.45) is 11.1. The van der Waals surface area contributed by atoms with Crippen molar-refractivity contribution in [3.63, 3.8) is 0 Å². The summed E-state index contributed by atoms with van der Waals surface area (Å²) in [5.74, 6) is 1.80. The fourth-order valence-electron chi connectivity index (χ4n) is 4.82. The van der Waals surface area contributed by atoms with E-state index in [0.29, 0.717) is 42.5 Å². The molecule has 0 spiro atoms. The molecule has 2 unspecified atom stereocenters. The summed E-state index contributed by atoms with van der Waals surface area (Å²) in [7, 11) is 1.81. The third kappa shape index (κ3) is 5.19. The zero-order valence-corrected chi connectivity index (χ0v) is 20.0. The molecular formula is C26H33N7O2. The highest BCUT2D eigenvalue weighted by Gasteiger charge is 2.28. The number of aromatic nitrogens is 1. The van der Waals surface area contributed by atoms with E-state index in [2.05, 4.69) is 27.8 Å². The number of hydrogen-bond donors (Lipinski definition) is 6. The van der Waals surface area contributed by atoms with Crippen LogP contribution in [0.15, 0.2) is 36.1 Å². The highest BCUT2D eigenvalue weighted by Crippen LogP contribution is 2.40. The molecule has 0 bridgehead atoms. The monoisotopic (exact) mass is 475 g/mol. The number of rotatable bonds is 9. The van der Waals surface area contributed by atoms with Crippen molar-refractivity contribution in [1.29, 1.82) is 10.7 Å². The first kappa shape index (κ1) is 24.4. The van der Waals surface area contributed by atoms with E-state index in [0.717, 1.165) is 48.1 Å². The molecule has 1 aliphatic carbocycles. The summed E-state index contributed by atoms with van der Waals surface area (Å²) in [5.41, 5.74) is 17.9. The number of anilines is 1. The van der Waals surface area contributed by atoms with Crippen molar-refractivity contribution < 1.29 is 9.47 Å². The van der Waals surface area contributed by atoms with Crippen molar-refractivity contribution >= 4 is 17.7 Å². The lowest BCUT2D eigenvalue weighted by Gasteiger charge is -2.29. The number of allylic oxidation sites excluding steroid dienone is 2. The first-order chi connectivity index (χ1) is 17.1. The molecule has 184 valence electrons. The molecule has 2 heterocycles. The van der Waals surface area contributed by atoms with Gasteiger partial charge in [-0.25, -0.2) is 0 Å². The highest BCUT2D eigenvalue weighted by molar-refractivity contribution is 5.85. The molecule has 1 aromatic carbocycles. The molecule has 9 heteroatoms. The van der Waals surface area contributed by atoms with Gasteiger partial charge in [0.1, 0.15) is 25.1 Å². The zero-order valence-electron chi connectivity index (χ0n) is 20.0. The van der Waals surface area contributed by atoms with Crippen LogP contribution in [0.3, 0.4) is 0 Å². The maximum Gasteiger partial charge on any atom is 0.170 e. The van der Waals surface area contributed by atoms with E-state index in [9.17, 15) is 5.26 Å². The smallest absolute Gasteiger partial charge is 0.170 e. The number of nitriles is 1. The Morgan fingerprint density at radius 2 is 2.09 bits per heavy atom. The van der Waals surface area contributed by atoms with Crippen LogP contribution in [-0.4, -0.2) is 37.6 Å². The SMILES string of the molecule is CN/C(=C\C=N)c1ccc(CC(N)NC(C2=CCCCC2)c2c(C#N)c[nH]c2N)c2c1OCCO2. The largest absolute Gasteiger partial charge is 0.486 e. The van der Waals surface area contributed by atoms with E-state index in [1.54, 1.807) is 19.3 Å². The number of nitrogens with two attached hydrogens (primary N) is 2. The minimum Gasteiger partial charge on any atom is -0.486 e. The summed E-state index contributed by atoms with van der Waals surface area (Å²) in [6, 6.07) is 5.95. The molecule has 9 nitrogen and oxygen atoms in total. The third-order valence-corrected chi connectivity index (χ3v) is 6.46. The summed E-state index contributed by atoms with van der Waals surface area (Å²) in [6.45, 7) is 0.908. The molecular weight excluding hydrogens is 442 g/mol. The van der Waals surface area contributed by atoms with E-state index < -0.39 is 6.17 Å². The Morgan fingerprint density at radius 1 is 1.29 bits per heavy atom. The maximum atomic E-state index is 9.65. The number of H-pyrrole nitrogens is 1. The van der Waals surface area contributed by atoms with E-state index in [1.165, 1.54) is 11.8 Å². The van der Waals surface area contributed by atoms with Crippen molar-refractivity contribution in [2.45, 2.75) is 44.3 Å². The van der Waals surface area contributed by atoms with Crippen LogP contribution in [0.4, 0.5) is 5.82 Å². The first-order valence-corrected chi connectivity index (χ1v) is 11.9. The molecule has 2 aliphatic rings. The van der Waals surface area contributed by atoms with Gasteiger partial charge < -0.3 is 36.7 Å². The fraction of sp³-hybridized carbons (Fsp3) is 0.385. The fourth-order valence-corrected chi connectivity index (χ4v) is 4.82. The Bertz CT molecular complexity index is 1180. The maximum absolute atomic E-state index is 9.65. The van der Waals surface area contributed by atoms with Gasteiger partial charge in [0.05, 0.1) is 17.8 Å². The molecule has 35 heavy (non-hydrogen) atoms. The summed E-state index contributed by atoms with van der Waals surface area (Å²) in [5, 5.41) is 23.7. The Kier molecular flexibility index (Phi) is 7.75. The second-order valence-corrected chi connectivity index (χ2v) is 8.70. The van der Waals surface area contributed by atoms with Gasteiger partial charge in [-0.1, -0.05) is 17.7 Å². The van der Waals surface area contributed by atoms with E-state index >= 15 is 0 Å². The number of nitrogen functional groups attached to an aromatic ring is 1. The van der Waals surface area contributed by atoms with Gasteiger partial charge in [-0.2, -0.15) is 5.26 Å². The normalized spacial score (nSPS) is 17.2. The zero-order chi connectivity index (χ0) is 24.8. The van der Waals surface area contributed by atoms with Crippen LogP contribution in [0.25, 0.3) is 5.70 Å². The van der Waals surface area contributed by atoms with Crippen molar-refractivity contribution in [3.8, 4) is 17.6 Å². The number of fused-ring (bicyclic) bond motifs is 1. The molecule has 1 aromatic heterocycles. The number of aromatic amines is 1. The Morgan fingerprint density at radius 3 is 2.77 bits per heavy atom. The van der Waals surface area contributed by atoms with Crippen LogP contribution in [0.1, 0.15) is 54.0 Å². The molecule has 0 amide bonds. The molecule has 0 saturated carbocycles. The van der Waals surface area contributed by atoms with Crippen LogP contribution in [0.5, 0.6) is 11.5 Å². The van der Waals surface area contributed by atoms with Crippen molar-refractivity contribution in [3.05, 3.63) is 58.3 Å². The van der Waals surface area contributed by atoms with Gasteiger partial charge >= 0.3 is 0 Å². The average Bonchev–Trinajstić information content (AvgIpc) is 3.27. The highest BCUT2D eigenvalue weighted by atomic mass is 16.6. The van der Waals surface area contributed by atoms with Gasteiger partial charge in [0.2, 0.25) is 0 Å². The van der Waals surface area contributed by atoms with E-state index in [1.807, 2.05) is 12.1 Å². The molecule has 2 atom stereocenters. The molecule has 8 N–H and O–H groups in total. The summed E-state index contributed by atoms with van der Waals surface area (Å²) >= 11 is 0. The van der Waals surface area contributed by atoms with Crippen molar-refractivity contribution in [2.75, 3.05) is 26.0 Å². The standard InChI is InChI=1S/C26H33N7O2/c1-31-20(9-10-27)19-8-7-17(24-25(19)35-12-11-34-24)13-21(29)33-23(16-5-3-2-4-6-16)22-18(14-28)15-32-26(22)30/h5,7-10,15,21,23,27,31-33H,2-4,6,11-13,29-30H2,1H3/b20-9-,27-10?. The van der Waals surface area contributed by atoms with Gasteiger partial charge in [-0.05, 0) is 37.8 Å². The number of nitrogens with one attached hydrogen (secondary N) is 4. The Balaban J connectivity index is 1.63. The lowest BCUT2D eigenvalue weighted by Crippen LogP contribution is -2.42. The van der Waals surface area contributed by atoms with Gasteiger partial charge in [0.15, 0.2) is 11.5 Å². The van der Waals surface area contributed by atoms with Gasteiger partial charge in [0, 0.05) is 48.3 Å². The van der Waals surface area contributed by atoms with Crippen molar-refractivity contribution in [1.82, 2.24) is 15.6 Å². The number of hydrogen-bond acceptors (Lipinski definition) is 8.